The monoisotopic (exact) mass is 298 g/mol. The van der Waals surface area contributed by atoms with Crippen LogP contribution in [0.4, 0.5) is 10.1 Å². The molecule has 0 radical (unpaired) electrons. The molecule has 0 atom stereocenters. The van der Waals surface area contributed by atoms with Gasteiger partial charge in [0.1, 0.15) is 5.82 Å². The van der Waals surface area contributed by atoms with Crippen LogP contribution in [0, 0.1) is 15.9 Å². The molecule has 0 fully saturated rings. The maximum atomic E-state index is 13.0. The first-order valence-electron chi connectivity index (χ1n) is 3.39. The van der Waals surface area contributed by atoms with Gasteiger partial charge in [0.05, 0.1) is 9.40 Å². The van der Waals surface area contributed by atoms with Crippen LogP contribution in [-0.2, 0) is 10.0 Å². The van der Waals surface area contributed by atoms with Gasteiger partial charge in [0.25, 0.3) is 5.69 Å². The zero-order valence-electron chi connectivity index (χ0n) is 6.98. The van der Waals surface area contributed by atoms with E-state index in [0.717, 1.165) is 6.07 Å². The number of nitrogens with two attached hydrogens (primary N) is 1. The fourth-order valence-corrected chi connectivity index (χ4v) is 1.91. The molecule has 2 N–H and O–H groups in total. The first kappa shape index (κ1) is 12.0. The Morgan fingerprint density at radius 2 is 2.00 bits per heavy atom. The van der Waals surface area contributed by atoms with Crippen molar-refractivity contribution in [2.75, 3.05) is 0 Å². The molecule has 0 aromatic heterocycles. The molecule has 1 aromatic carbocycles. The van der Waals surface area contributed by atoms with E-state index in [9.17, 15) is 22.9 Å². The highest BCUT2D eigenvalue weighted by molar-refractivity contribution is 9.10. The van der Waals surface area contributed by atoms with E-state index in [4.69, 9.17) is 5.14 Å². The van der Waals surface area contributed by atoms with Crippen LogP contribution in [-0.4, -0.2) is 13.3 Å². The molecule has 0 saturated carbocycles. The van der Waals surface area contributed by atoms with Crippen LogP contribution in [0.3, 0.4) is 0 Å². The van der Waals surface area contributed by atoms with E-state index >= 15 is 0 Å². The van der Waals surface area contributed by atoms with Gasteiger partial charge in [-0.3, -0.25) is 10.1 Å². The topological polar surface area (TPSA) is 103 Å². The van der Waals surface area contributed by atoms with Crippen LogP contribution >= 0.6 is 15.9 Å². The molecule has 0 aliphatic rings. The molecular weight excluding hydrogens is 295 g/mol. The smallest absolute Gasteiger partial charge is 0.258 e. The van der Waals surface area contributed by atoms with E-state index in [1.165, 1.54) is 0 Å². The molecule has 9 heteroatoms. The zero-order valence-corrected chi connectivity index (χ0v) is 9.38. The van der Waals surface area contributed by atoms with Gasteiger partial charge in [-0.15, -0.1) is 0 Å². The van der Waals surface area contributed by atoms with E-state index < -0.39 is 31.3 Å². The van der Waals surface area contributed by atoms with Gasteiger partial charge in [0.15, 0.2) is 4.90 Å². The van der Waals surface area contributed by atoms with Crippen molar-refractivity contribution in [1.82, 2.24) is 0 Å². The van der Waals surface area contributed by atoms with Gasteiger partial charge in [-0.25, -0.2) is 17.9 Å². The molecule has 15 heavy (non-hydrogen) atoms. The van der Waals surface area contributed by atoms with E-state index in [0.29, 0.717) is 6.07 Å². The van der Waals surface area contributed by atoms with Crippen molar-refractivity contribution >= 4 is 31.6 Å². The predicted octanol–water partition coefficient (Wildman–Crippen LogP) is 1.14. The highest BCUT2D eigenvalue weighted by Gasteiger charge is 2.25. The van der Waals surface area contributed by atoms with Gasteiger partial charge in [-0.1, -0.05) is 0 Å². The van der Waals surface area contributed by atoms with Gasteiger partial charge in [0, 0.05) is 12.1 Å². The number of nitro groups is 1. The second kappa shape index (κ2) is 3.83. The van der Waals surface area contributed by atoms with Crippen molar-refractivity contribution in [1.29, 1.82) is 0 Å². The molecule has 6 nitrogen and oxygen atoms in total. The van der Waals surface area contributed by atoms with Gasteiger partial charge < -0.3 is 0 Å². The molecule has 1 aromatic rings. The molecular formula is C6H4BrFN2O4S. The average Bonchev–Trinajstić information content (AvgIpc) is 2.06. The first-order chi connectivity index (χ1) is 6.73. The Morgan fingerprint density at radius 3 is 2.40 bits per heavy atom. The van der Waals surface area contributed by atoms with Gasteiger partial charge in [-0.05, 0) is 15.9 Å². The Hall–Kier alpha value is -1.06. The normalized spacial score (nSPS) is 11.4. The third kappa shape index (κ3) is 2.49. The standard InChI is InChI=1S/C6H4BrFN2O4S/c7-3-1-5(10(11)12)6(2-4(3)8)15(9,13)14/h1-2H,(H2,9,13,14). The largest absolute Gasteiger partial charge is 0.290 e. The van der Waals surface area contributed by atoms with E-state index in [2.05, 4.69) is 15.9 Å². The number of hydrogen-bond donors (Lipinski definition) is 1. The highest BCUT2D eigenvalue weighted by atomic mass is 79.9. The number of halogens is 2. The van der Waals surface area contributed by atoms with Crippen LogP contribution < -0.4 is 5.14 Å². The van der Waals surface area contributed by atoms with Crippen molar-refractivity contribution < 1.29 is 17.7 Å². The lowest BCUT2D eigenvalue weighted by Crippen LogP contribution is -2.14. The van der Waals surface area contributed by atoms with E-state index in [-0.39, 0.29) is 4.47 Å². The highest BCUT2D eigenvalue weighted by Crippen LogP contribution is 2.28. The second-order valence-corrected chi connectivity index (χ2v) is 4.92. The molecule has 0 bridgehead atoms. The Bertz CT molecular complexity index is 530. The molecule has 82 valence electrons. The second-order valence-electron chi connectivity index (χ2n) is 2.54. The number of benzene rings is 1. The van der Waals surface area contributed by atoms with Crippen molar-refractivity contribution in [3.8, 4) is 0 Å². The minimum Gasteiger partial charge on any atom is -0.258 e. The van der Waals surface area contributed by atoms with Crippen molar-refractivity contribution in [3.63, 3.8) is 0 Å². The number of nitrogens with zero attached hydrogens (tertiary/aromatic N) is 1. The number of hydrogen-bond acceptors (Lipinski definition) is 4. The number of sulfonamides is 1. The number of primary sulfonamides is 1. The van der Waals surface area contributed by atoms with E-state index in [1.54, 1.807) is 0 Å². The Kier molecular flexibility index (Phi) is 3.07. The van der Waals surface area contributed by atoms with Crippen LogP contribution in [0.25, 0.3) is 0 Å². The summed E-state index contributed by atoms with van der Waals surface area (Å²) in [5, 5.41) is 15.2. The summed E-state index contributed by atoms with van der Waals surface area (Å²) in [4.78, 5) is 8.67. The van der Waals surface area contributed by atoms with Gasteiger partial charge in [0.2, 0.25) is 10.0 Å². The average molecular weight is 299 g/mol. The number of nitro benzene ring substituents is 1. The lowest BCUT2D eigenvalue weighted by molar-refractivity contribution is -0.388. The van der Waals surface area contributed by atoms with Crippen LogP contribution in [0.1, 0.15) is 0 Å². The van der Waals surface area contributed by atoms with Gasteiger partial charge in [-0.2, -0.15) is 0 Å². The quantitative estimate of drug-likeness (QED) is 0.653. The summed E-state index contributed by atoms with van der Waals surface area (Å²) in [6, 6.07) is 1.24. The SMILES string of the molecule is NS(=O)(=O)c1cc(F)c(Br)cc1[N+](=O)[O-]. The third-order valence-corrected chi connectivity index (χ3v) is 3.05. The lowest BCUT2D eigenvalue weighted by atomic mass is 10.3. The summed E-state index contributed by atoms with van der Waals surface area (Å²) < 4.78 is 34.6. The molecule has 0 aliphatic carbocycles. The maximum absolute atomic E-state index is 13.0. The maximum Gasteiger partial charge on any atom is 0.290 e. The molecule has 0 spiro atoms. The van der Waals surface area contributed by atoms with Crippen LogP contribution in [0.2, 0.25) is 0 Å². The summed E-state index contributed by atoms with van der Waals surface area (Å²) in [5.41, 5.74) is -0.772. The van der Waals surface area contributed by atoms with Crippen LogP contribution in [0.15, 0.2) is 21.5 Å². The molecule has 0 aliphatic heterocycles. The molecule has 0 saturated heterocycles. The summed E-state index contributed by atoms with van der Waals surface area (Å²) in [6.45, 7) is 0. The first-order valence-corrected chi connectivity index (χ1v) is 5.73. The summed E-state index contributed by atoms with van der Waals surface area (Å²) in [6.07, 6.45) is 0. The Balaban J connectivity index is 3.64. The van der Waals surface area contributed by atoms with Crippen molar-refractivity contribution in [2.24, 2.45) is 5.14 Å². The minimum absolute atomic E-state index is 0.207. The fraction of sp³-hybridized carbons (Fsp3) is 0. The summed E-state index contributed by atoms with van der Waals surface area (Å²) in [5.74, 6) is -0.940. The Morgan fingerprint density at radius 1 is 1.47 bits per heavy atom. The lowest BCUT2D eigenvalue weighted by Gasteiger charge is -2.01. The van der Waals surface area contributed by atoms with Crippen molar-refractivity contribution in [2.45, 2.75) is 4.90 Å². The number of rotatable bonds is 2. The zero-order chi connectivity index (χ0) is 11.8. The Labute approximate surface area is 92.2 Å². The predicted molar refractivity (Wildman–Crippen MR) is 52.1 cm³/mol. The summed E-state index contributed by atoms with van der Waals surface area (Å²) >= 11 is 2.70. The molecule has 0 heterocycles. The van der Waals surface area contributed by atoms with Gasteiger partial charge >= 0.3 is 0 Å². The van der Waals surface area contributed by atoms with Crippen molar-refractivity contribution in [3.05, 3.63) is 32.5 Å². The minimum atomic E-state index is -4.32. The molecule has 1 rings (SSSR count). The van der Waals surface area contributed by atoms with Crippen LogP contribution in [0.5, 0.6) is 0 Å². The van der Waals surface area contributed by atoms with E-state index in [1.807, 2.05) is 0 Å². The fourth-order valence-electron chi connectivity index (χ4n) is 0.889. The molecule has 0 unspecified atom stereocenters. The molecule has 0 amide bonds. The summed E-state index contributed by atoms with van der Waals surface area (Å²) in [7, 11) is -4.32. The third-order valence-electron chi connectivity index (χ3n) is 1.51.